The Morgan fingerprint density at radius 1 is 1.11 bits per heavy atom. The van der Waals surface area contributed by atoms with Crippen LogP contribution in [0.4, 0.5) is 5.69 Å². The number of nitrogens with one attached hydrogen (secondary N) is 1. The van der Waals surface area contributed by atoms with Crippen molar-refractivity contribution in [3.8, 4) is 0 Å². The Hall–Kier alpha value is -3.27. The van der Waals surface area contributed by atoms with Crippen LogP contribution in [0.1, 0.15) is 35.5 Å². The number of tetrazole rings is 1. The van der Waals surface area contributed by atoms with Gasteiger partial charge in [-0.3, -0.25) is 9.69 Å². The molecule has 0 spiro atoms. The van der Waals surface area contributed by atoms with Crippen LogP contribution >= 0.6 is 11.6 Å². The van der Waals surface area contributed by atoms with E-state index in [0.29, 0.717) is 24.5 Å². The van der Waals surface area contributed by atoms with Gasteiger partial charge in [-0.1, -0.05) is 30.7 Å². The zero-order valence-corrected chi connectivity index (χ0v) is 22.2. The summed E-state index contributed by atoms with van der Waals surface area (Å²) in [6.07, 6.45) is 0.925. The molecule has 37 heavy (non-hydrogen) atoms. The predicted octanol–water partition coefficient (Wildman–Crippen LogP) is 3.60. The van der Waals surface area contributed by atoms with Gasteiger partial charge >= 0.3 is 0 Å². The number of piperazine rings is 1. The second-order valence-electron chi connectivity index (χ2n) is 9.44. The highest BCUT2D eigenvalue weighted by Gasteiger charge is 2.33. The van der Waals surface area contributed by atoms with Gasteiger partial charge in [0.25, 0.3) is 5.56 Å². The number of ether oxygens (including phenoxy) is 1. The maximum absolute atomic E-state index is 13.5. The van der Waals surface area contributed by atoms with Gasteiger partial charge in [-0.25, -0.2) is 4.68 Å². The molecule has 0 saturated carbocycles. The summed E-state index contributed by atoms with van der Waals surface area (Å²) in [5.41, 5.74) is 4.89. The molecule has 1 saturated heterocycles. The van der Waals surface area contributed by atoms with Crippen LogP contribution in [0.5, 0.6) is 0 Å². The molecule has 1 aliphatic heterocycles. The molecule has 9 nitrogen and oxygen atoms in total. The summed E-state index contributed by atoms with van der Waals surface area (Å²) >= 11 is 6.30. The fourth-order valence-electron chi connectivity index (χ4n) is 5.08. The van der Waals surface area contributed by atoms with E-state index in [1.54, 1.807) is 11.8 Å². The number of aryl methyl sites for hydroxylation is 2. The van der Waals surface area contributed by atoms with Crippen LogP contribution in [-0.2, 0) is 17.7 Å². The van der Waals surface area contributed by atoms with Crippen molar-refractivity contribution in [2.24, 2.45) is 0 Å². The molecule has 10 heteroatoms. The highest BCUT2D eigenvalue weighted by atomic mass is 35.5. The highest BCUT2D eigenvalue weighted by Crippen LogP contribution is 2.31. The largest absolute Gasteiger partial charge is 0.383 e. The van der Waals surface area contributed by atoms with Crippen LogP contribution in [0.25, 0.3) is 10.9 Å². The molecule has 0 aliphatic carbocycles. The molecular weight excluding hydrogens is 490 g/mol. The Morgan fingerprint density at radius 2 is 1.92 bits per heavy atom. The minimum atomic E-state index is -0.395. The molecule has 1 atom stereocenters. The van der Waals surface area contributed by atoms with Gasteiger partial charge < -0.3 is 14.6 Å². The number of H-pyrrole nitrogens is 1. The average Bonchev–Trinajstić information content (AvgIpc) is 3.37. The SMILES string of the molecule is CCc1ccc2[nH]c(=O)c([C@H](c3nnnn3CCOC)N3CCN(c4cc(Cl)ccc4C)CC3)cc2c1. The zero-order valence-electron chi connectivity index (χ0n) is 21.4. The van der Waals surface area contributed by atoms with Gasteiger partial charge in [0.05, 0.1) is 13.2 Å². The Balaban J connectivity index is 1.53. The van der Waals surface area contributed by atoms with Gasteiger partial charge in [-0.05, 0) is 70.6 Å². The van der Waals surface area contributed by atoms with Crippen LogP contribution in [-0.4, -0.2) is 70.0 Å². The Morgan fingerprint density at radius 3 is 2.68 bits per heavy atom. The maximum atomic E-state index is 13.5. The summed E-state index contributed by atoms with van der Waals surface area (Å²) in [5.74, 6) is 0.640. The maximum Gasteiger partial charge on any atom is 0.253 e. The number of hydrogen-bond donors (Lipinski definition) is 1. The second-order valence-corrected chi connectivity index (χ2v) is 9.87. The molecule has 0 unspecified atom stereocenters. The molecule has 1 N–H and O–H groups in total. The molecule has 194 valence electrons. The number of pyridine rings is 1. The van der Waals surface area contributed by atoms with Crippen LogP contribution in [0.15, 0.2) is 47.3 Å². The van der Waals surface area contributed by atoms with E-state index in [1.807, 2.05) is 24.3 Å². The van der Waals surface area contributed by atoms with E-state index >= 15 is 0 Å². The highest BCUT2D eigenvalue weighted by molar-refractivity contribution is 6.30. The van der Waals surface area contributed by atoms with Gasteiger partial charge in [0.2, 0.25) is 0 Å². The molecule has 0 radical (unpaired) electrons. The summed E-state index contributed by atoms with van der Waals surface area (Å²) < 4.78 is 7.02. The third-order valence-corrected chi connectivity index (χ3v) is 7.38. The first-order valence-corrected chi connectivity index (χ1v) is 13.0. The fourth-order valence-corrected chi connectivity index (χ4v) is 5.25. The minimum Gasteiger partial charge on any atom is -0.383 e. The minimum absolute atomic E-state index is 0.129. The third kappa shape index (κ3) is 5.25. The molecule has 3 heterocycles. The first-order chi connectivity index (χ1) is 18.0. The van der Waals surface area contributed by atoms with Gasteiger partial charge in [0.1, 0.15) is 6.04 Å². The molecule has 2 aromatic carbocycles. The van der Waals surface area contributed by atoms with Crippen molar-refractivity contribution in [1.82, 2.24) is 30.1 Å². The number of hydrogen-bond acceptors (Lipinski definition) is 7. The number of anilines is 1. The number of methoxy groups -OCH3 is 1. The van der Waals surface area contributed by atoms with Crippen molar-refractivity contribution in [2.45, 2.75) is 32.9 Å². The summed E-state index contributed by atoms with van der Waals surface area (Å²) in [6, 6.07) is 13.8. The lowest BCUT2D eigenvalue weighted by molar-refractivity contribution is 0.171. The van der Waals surface area contributed by atoms with Gasteiger partial charge in [0.15, 0.2) is 5.82 Å². The number of fused-ring (bicyclic) bond motifs is 1. The second kappa shape index (κ2) is 11.0. The van der Waals surface area contributed by atoms with E-state index in [0.717, 1.165) is 54.2 Å². The summed E-state index contributed by atoms with van der Waals surface area (Å²) in [4.78, 5) is 21.2. The van der Waals surface area contributed by atoms with Crippen molar-refractivity contribution in [1.29, 1.82) is 0 Å². The number of halogens is 1. The smallest absolute Gasteiger partial charge is 0.253 e. The normalized spacial score (nSPS) is 15.4. The molecule has 2 aromatic heterocycles. The number of rotatable bonds is 8. The van der Waals surface area contributed by atoms with E-state index in [-0.39, 0.29) is 5.56 Å². The van der Waals surface area contributed by atoms with Crippen molar-refractivity contribution in [3.63, 3.8) is 0 Å². The van der Waals surface area contributed by atoms with Crippen LogP contribution in [0, 0.1) is 6.92 Å². The van der Waals surface area contributed by atoms with Crippen molar-refractivity contribution in [2.75, 3.05) is 44.8 Å². The molecule has 5 rings (SSSR count). The molecule has 0 bridgehead atoms. The van der Waals surface area contributed by atoms with Crippen molar-refractivity contribution < 1.29 is 4.74 Å². The average molecular weight is 522 g/mol. The number of benzene rings is 2. The standard InChI is InChI=1S/C27H32ClN7O2/c1-4-19-6-8-23-20(15-19)16-22(27(36)29-23)25(26-30-31-32-35(26)13-14-37-3)34-11-9-33(10-12-34)24-17-21(28)7-5-18(24)2/h5-8,15-17,25H,4,9-14H2,1-3H3,(H,29,36)/t25-/m1/s1. The lowest BCUT2D eigenvalue weighted by Gasteiger charge is -2.40. The molecule has 1 fully saturated rings. The molecular formula is C27H32ClN7O2. The summed E-state index contributed by atoms with van der Waals surface area (Å²) in [6.45, 7) is 8.26. The third-order valence-electron chi connectivity index (χ3n) is 7.14. The van der Waals surface area contributed by atoms with E-state index in [2.05, 4.69) is 62.4 Å². The summed E-state index contributed by atoms with van der Waals surface area (Å²) in [5, 5.41) is 14.3. The number of aromatic nitrogens is 5. The summed E-state index contributed by atoms with van der Waals surface area (Å²) in [7, 11) is 1.65. The van der Waals surface area contributed by atoms with E-state index in [1.165, 1.54) is 11.1 Å². The molecule has 1 aliphatic rings. The van der Waals surface area contributed by atoms with Gasteiger partial charge in [-0.15, -0.1) is 5.10 Å². The topological polar surface area (TPSA) is 92.2 Å². The van der Waals surface area contributed by atoms with Gasteiger partial charge in [-0.2, -0.15) is 0 Å². The first-order valence-electron chi connectivity index (χ1n) is 12.6. The first kappa shape index (κ1) is 25.4. The van der Waals surface area contributed by atoms with Crippen LogP contribution < -0.4 is 10.5 Å². The van der Waals surface area contributed by atoms with Crippen LogP contribution in [0.2, 0.25) is 5.02 Å². The quantitative estimate of drug-likeness (QED) is 0.379. The fraction of sp³-hybridized carbons (Fsp3) is 0.407. The lowest BCUT2D eigenvalue weighted by atomic mass is 10.0. The number of aromatic amines is 1. The van der Waals surface area contributed by atoms with Gasteiger partial charge in [0, 0.05) is 55.1 Å². The van der Waals surface area contributed by atoms with Crippen LogP contribution in [0.3, 0.4) is 0 Å². The predicted molar refractivity (Wildman–Crippen MR) is 145 cm³/mol. The van der Waals surface area contributed by atoms with Crippen molar-refractivity contribution in [3.05, 3.63) is 80.4 Å². The monoisotopic (exact) mass is 521 g/mol. The van der Waals surface area contributed by atoms with E-state index in [4.69, 9.17) is 16.3 Å². The van der Waals surface area contributed by atoms with E-state index < -0.39 is 6.04 Å². The Kier molecular flexibility index (Phi) is 7.55. The lowest BCUT2D eigenvalue weighted by Crippen LogP contribution is -2.49. The van der Waals surface area contributed by atoms with E-state index in [9.17, 15) is 4.79 Å². The zero-order chi connectivity index (χ0) is 25.9. The molecule has 0 amide bonds. The number of nitrogens with zero attached hydrogens (tertiary/aromatic N) is 6. The Labute approximate surface area is 221 Å². The Bertz CT molecular complexity index is 1440. The molecule has 4 aromatic rings. The van der Waals surface area contributed by atoms with Crippen molar-refractivity contribution >= 4 is 28.2 Å².